The van der Waals surface area contributed by atoms with Gasteiger partial charge < -0.3 is 0 Å². The van der Waals surface area contributed by atoms with Crippen molar-refractivity contribution in [3.8, 4) is 0 Å². The fourth-order valence-electron chi connectivity index (χ4n) is 1.20. The molecule has 7 heteroatoms. The lowest BCUT2D eigenvalue weighted by atomic mass is 10.2. The second-order valence-electron chi connectivity index (χ2n) is 3.26. The van der Waals surface area contributed by atoms with Gasteiger partial charge in [0.05, 0.1) is 6.54 Å². The number of benzene rings is 1. The lowest BCUT2D eigenvalue weighted by molar-refractivity contribution is 0.102. The van der Waals surface area contributed by atoms with E-state index in [-0.39, 0.29) is 11.9 Å². The van der Waals surface area contributed by atoms with Crippen LogP contribution in [0.4, 0.5) is 5.95 Å². The van der Waals surface area contributed by atoms with Crippen LogP contribution in [0, 0.1) is 0 Å². The predicted octanol–water partition coefficient (Wildman–Crippen LogP) is 1.71. The highest BCUT2D eigenvalue weighted by Crippen LogP contribution is 2.11. The molecule has 0 saturated carbocycles. The minimum atomic E-state index is -0.256. The Bertz CT molecular complexity index is 522. The highest BCUT2D eigenvalue weighted by molar-refractivity contribution is 9.10. The van der Waals surface area contributed by atoms with E-state index in [0.717, 1.165) is 4.47 Å². The van der Waals surface area contributed by atoms with E-state index in [1.165, 1.54) is 4.80 Å². The van der Waals surface area contributed by atoms with Crippen LogP contribution in [0.15, 0.2) is 28.7 Å². The van der Waals surface area contributed by atoms with Crippen molar-refractivity contribution in [2.75, 3.05) is 5.32 Å². The third-order valence-electron chi connectivity index (χ3n) is 2.07. The molecule has 0 aliphatic rings. The van der Waals surface area contributed by atoms with Gasteiger partial charge in [0.25, 0.3) is 11.9 Å². The Balaban J connectivity index is 2.08. The van der Waals surface area contributed by atoms with E-state index in [9.17, 15) is 4.79 Å². The summed E-state index contributed by atoms with van der Waals surface area (Å²) in [5.41, 5.74) is 0.543. The number of tetrazole rings is 1. The molecule has 88 valence electrons. The first-order valence-corrected chi connectivity index (χ1v) is 5.83. The Morgan fingerprint density at radius 1 is 1.41 bits per heavy atom. The molecular formula is C10H10BrN5O. The van der Waals surface area contributed by atoms with Gasteiger partial charge in [-0.25, -0.2) is 0 Å². The summed E-state index contributed by atoms with van der Waals surface area (Å²) in [4.78, 5) is 13.2. The largest absolute Gasteiger partial charge is 0.288 e. The van der Waals surface area contributed by atoms with Gasteiger partial charge >= 0.3 is 0 Å². The number of amides is 1. The van der Waals surface area contributed by atoms with Crippen LogP contribution >= 0.6 is 15.9 Å². The molecule has 0 bridgehead atoms. The molecule has 0 unspecified atom stereocenters. The SMILES string of the molecule is CCn1nnc(NC(=O)c2ccc(Br)cc2)n1. The van der Waals surface area contributed by atoms with E-state index in [2.05, 4.69) is 36.7 Å². The molecule has 17 heavy (non-hydrogen) atoms. The maximum atomic E-state index is 11.8. The van der Waals surface area contributed by atoms with Crippen LogP contribution in [0.25, 0.3) is 0 Å². The number of hydrogen-bond donors (Lipinski definition) is 1. The minimum Gasteiger partial charge on any atom is -0.288 e. The number of halogens is 1. The topological polar surface area (TPSA) is 72.7 Å². The number of nitrogens with one attached hydrogen (secondary N) is 1. The summed E-state index contributed by atoms with van der Waals surface area (Å²) in [5, 5.41) is 14.0. The van der Waals surface area contributed by atoms with Crippen molar-refractivity contribution in [1.82, 2.24) is 20.2 Å². The highest BCUT2D eigenvalue weighted by Gasteiger charge is 2.09. The molecule has 1 N–H and O–H groups in total. The van der Waals surface area contributed by atoms with Crippen LogP contribution in [0.5, 0.6) is 0 Å². The average Bonchev–Trinajstić information content (AvgIpc) is 2.77. The molecule has 0 spiro atoms. The maximum Gasteiger partial charge on any atom is 0.270 e. The molecule has 1 amide bonds. The summed E-state index contributed by atoms with van der Waals surface area (Å²) in [6.07, 6.45) is 0. The van der Waals surface area contributed by atoms with Crippen LogP contribution in [0.3, 0.4) is 0 Å². The van der Waals surface area contributed by atoms with Crippen molar-refractivity contribution in [1.29, 1.82) is 0 Å². The van der Waals surface area contributed by atoms with E-state index in [0.29, 0.717) is 12.1 Å². The van der Waals surface area contributed by atoms with E-state index < -0.39 is 0 Å². The molecular weight excluding hydrogens is 286 g/mol. The van der Waals surface area contributed by atoms with Crippen molar-refractivity contribution in [3.63, 3.8) is 0 Å². The number of carbonyl (C=O) groups is 1. The summed E-state index contributed by atoms with van der Waals surface area (Å²) in [6.45, 7) is 2.50. The molecule has 2 aromatic rings. The number of anilines is 1. The van der Waals surface area contributed by atoms with Gasteiger partial charge in [0.1, 0.15) is 0 Å². The van der Waals surface area contributed by atoms with E-state index in [4.69, 9.17) is 0 Å². The van der Waals surface area contributed by atoms with Crippen LogP contribution in [-0.2, 0) is 6.54 Å². The first-order valence-electron chi connectivity index (χ1n) is 5.04. The Labute approximate surface area is 106 Å². The Hall–Kier alpha value is -1.76. The third kappa shape index (κ3) is 2.88. The zero-order chi connectivity index (χ0) is 12.3. The summed E-state index contributed by atoms with van der Waals surface area (Å²) in [7, 11) is 0. The van der Waals surface area contributed by atoms with E-state index in [1.807, 2.05) is 6.92 Å². The lowest BCUT2D eigenvalue weighted by Gasteiger charge is -2.00. The van der Waals surface area contributed by atoms with E-state index >= 15 is 0 Å². The summed E-state index contributed by atoms with van der Waals surface area (Å²) >= 11 is 3.30. The Kier molecular flexibility index (Phi) is 3.48. The van der Waals surface area contributed by atoms with Gasteiger partial charge in [0.2, 0.25) is 0 Å². The maximum absolute atomic E-state index is 11.8. The van der Waals surface area contributed by atoms with Gasteiger partial charge in [0.15, 0.2) is 0 Å². The summed E-state index contributed by atoms with van der Waals surface area (Å²) in [5.74, 6) is -0.0482. The number of aryl methyl sites for hydroxylation is 1. The Morgan fingerprint density at radius 2 is 2.12 bits per heavy atom. The van der Waals surface area contributed by atoms with Gasteiger partial charge in [-0.15, -0.1) is 5.10 Å². The zero-order valence-corrected chi connectivity index (χ0v) is 10.7. The second-order valence-corrected chi connectivity index (χ2v) is 4.18. The quantitative estimate of drug-likeness (QED) is 0.935. The molecule has 2 rings (SSSR count). The number of carbonyl (C=O) groups excluding carboxylic acids is 1. The molecule has 1 aromatic heterocycles. The van der Waals surface area contributed by atoms with Crippen molar-refractivity contribution in [3.05, 3.63) is 34.3 Å². The van der Waals surface area contributed by atoms with Crippen molar-refractivity contribution in [2.24, 2.45) is 0 Å². The summed E-state index contributed by atoms with van der Waals surface area (Å²) in [6, 6.07) is 7.02. The molecule has 0 fully saturated rings. The van der Waals surface area contributed by atoms with Gasteiger partial charge in [-0.05, 0) is 36.4 Å². The van der Waals surface area contributed by atoms with Gasteiger partial charge in [-0.2, -0.15) is 4.80 Å². The van der Waals surface area contributed by atoms with Gasteiger partial charge in [0, 0.05) is 10.0 Å². The number of rotatable bonds is 3. The van der Waals surface area contributed by atoms with E-state index in [1.54, 1.807) is 24.3 Å². The molecule has 0 aliphatic heterocycles. The number of nitrogens with zero attached hydrogens (tertiary/aromatic N) is 4. The first-order chi connectivity index (χ1) is 8.19. The minimum absolute atomic E-state index is 0.208. The standard InChI is InChI=1S/C10H10BrN5O/c1-2-16-14-10(13-15-16)12-9(17)7-3-5-8(11)6-4-7/h3-6H,2H2,1H3,(H,12,14,17). The normalized spacial score (nSPS) is 10.2. The Morgan fingerprint density at radius 3 is 2.71 bits per heavy atom. The summed E-state index contributed by atoms with van der Waals surface area (Å²) < 4.78 is 0.920. The highest BCUT2D eigenvalue weighted by atomic mass is 79.9. The van der Waals surface area contributed by atoms with Crippen LogP contribution in [-0.4, -0.2) is 26.1 Å². The number of hydrogen-bond acceptors (Lipinski definition) is 4. The van der Waals surface area contributed by atoms with Crippen molar-refractivity contribution >= 4 is 27.8 Å². The molecule has 1 heterocycles. The average molecular weight is 296 g/mol. The van der Waals surface area contributed by atoms with Crippen LogP contribution in [0.1, 0.15) is 17.3 Å². The molecule has 0 radical (unpaired) electrons. The molecule has 0 saturated heterocycles. The first kappa shape index (κ1) is 11.7. The van der Waals surface area contributed by atoms with Gasteiger partial charge in [-0.3, -0.25) is 10.1 Å². The van der Waals surface area contributed by atoms with Crippen LogP contribution in [0.2, 0.25) is 0 Å². The monoisotopic (exact) mass is 295 g/mol. The predicted molar refractivity (Wildman–Crippen MR) is 65.6 cm³/mol. The third-order valence-corrected chi connectivity index (χ3v) is 2.60. The van der Waals surface area contributed by atoms with Crippen molar-refractivity contribution < 1.29 is 4.79 Å². The second kappa shape index (κ2) is 5.05. The fraction of sp³-hybridized carbons (Fsp3) is 0.200. The lowest BCUT2D eigenvalue weighted by Crippen LogP contribution is -2.13. The molecule has 6 nitrogen and oxygen atoms in total. The molecule has 0 atom stereocenters. The fourth-order valence-corrected chi connectivity index (χ4v) is 1.47. The molecule has 0 aliphatic carbocycles. The zero-order valence-electron chi connectivity index (χ0n) is 9.09. The molecule has 1 aromatic carbocycles. The number of aromatic nitrogens is 4. The smallest absolute Gasteiger partial charge is 0.270 e. The van der Waals surface area contributed by atoms with Gasteiger partial charge in [-0.1, -0.05) is 21.0 Å². The van der Waals surface area contributed by atoms with Crippen molar-refractivity contribution in [2.45, 2.75) is 13.5 Å². The van der Waals surface area contributed by atoms with Crippen LogP contribution < -0.4 is 5.32 Å².